The minimum Gasteiger partial charge on any atom is -0.349 e. The molecular formula is C16H22ClNO. The van der Waals surface area contributed by atoms with Gasteiger partial charge in [-0.05, 0) is 24.3 Å². The van der Waals surface area contributed by atoms with E-state index >= 15 is 0 Å². The van der Waals surface area contributed by atoms with E-state index in [0.29, 0.717) is 18.2 Å². The van der Waals surface area contributed by atoms with Gasteiger partial charge in [-0.15, -0.1) is 11.6 Å². The van der Waals surface area contributed by atoms with Crippen molar-refractivity contribution in [3.63, 3.8) is 0 Å². The van der Waals surface area contributed by atoms with Crippen molar-refractivity contribution < 1.29 is 4.79 Å². The number of amides is 1. The van der Waals surface area contributed by atoms with Crippen LogP contribution in [0.3, 0.4) is 0 Å². The number of rotatable bonds is 5. The highest BCUT2D eigenvalue weighted by Gasteiger charge is 2.26. The van der Waals surface area contributed by atoms with E-state index in [1.165, 1.54) is 37.7 Å². The van der Waals surface area contributed by atoms with E-state index in [1.807, 2.05) is 18.2 Å². The predicted octanol–water partition coefficient (Wildman–Crippen LogP) is 4.05. The van der Waals surface area contributed by atoms with Crippen molar-refractivity contribution in [3.8, 4) is 0 Å². The normalized spacial score (nSPS) is 17.9. The molecule has 1 fully saturated rings. The van der Waals surface area contributed by atoms with Gasteiger partial charge in [0.1, 0.15) is 0 Å². The van der Waals surface area contributed by atoms with E-state index in [-0.39, 0.29) is 11.9 Å². The Morgan fingerprint density at radius 3 is 2.53 bits per heavy atom. The van der Waals surface area contributed by atoms with Crippen LogP contribution >= 0.6 is 11.6 Å². The monoisotopic (exact) mass is 279 g/mol. The van der Waals surface area contributed by atoms with E-state index in [2.05, 4.69) is 17.4 Å². The van der Waals surface area contributed by atoms with Crippen LogP contribution in [0.2, 0.25) is 0 Å². The summed E-state index contributed by atoms with van der Waals surface area (Å²) in [5.74, 6) is 1.02. The van der Waals surface area contributed by atoms with Crippen molar-refractivity contribution in [2.75, 3.05) is 5.88 Å². The summed E-state index contributed by atoms with van der Waals surface area (Å²) < 4.78 is 0. The molecule has 1 unspecified atom stereocenters. The van der Waals surface area contributed by atoms with E-state index in [4.69, 9.17) is 11.6 Å². The number of benzene rings is 1. The Morgan fingerprint density at radius 2 is 1.89 bits per heavy atom. The molecule has 0 aromatic heterocycles. The molecule has 104 valence electrons. The molecule has 1 atom stereocenters. The van der Waals surface area contributed by atoms with E-state index < -0.39 is 0 Å². The zero-order valence-corrected chi connectivity index (χ0v) is 12.0. The van der Waals surface area contributed by atoms with Gasteiger partial charge < -0.3 is 5.32 Å². The highest BCUT2D eigenvalue weighted by atomic mass is 35.5. The average Bonchev–Trinajstić information content (AvgIpc) is 2.47. The van der Waals surface area contributed by atoms with Crippen LogP contribution in [0, 0.1) is 5.92 Å². The summed E-state index contributed by atoms with van der Waals surface area (Å²) in [6, 6.07) is 10.5. The lowest BCUT2D eigenvalue weighted by molar-refractivity contribution is -0.121. The number of nitrogens with one attached hydrogen (secondary N) is 1. The maximum Gasteiger partial charge on any atom is 0.221 e. The first-order valence-electron chi connectivity index (χ1n) is 7.21. The number of hydrogen-bond acceptors (Lipinski definition) is 1. The summed E-state index contributed by atoms with van der Waals surface area (Å²) >= 11 is 5.65. The van der Waals surface area contributed by atoms with Crippen LogP contribution < -0.4 is 5.32 Å². The Bertz CT molecular complexity index is 387. The van der Waals surface area contributed by atoms with Crippen molar-refractivity contribution in [2.24, 2.45) is 5.92 Å². The zero-order chi connectivity index (χ0) is 13.5. The molecule has 1 aromatic rings. The first-order chi connectivity index (χ1) is 9.31. The van der Waals surface area contributed by atoms with Gasteiger partial charge in [-0.1, -0.05) is 49.6 Å². The molecule has 1 aromatic carbocycles. The van der Waals surface area contributed by atoms with Gasteiger partial charge in [-0.25, -0.2) is 0 Å². The molecule has 3 heteroatoms. The molecule has 0 spiro atoms. The lowest BCUT2D eigenvalue weighted by Crippen LogP contribution is -2.34. The lowest BCUT2D eigenvalue weighted by Gasteiger charge is -2.31. The zero-order valence-electron chi connectivity index (χ0n) is 11.3. The number of hydrogen-bond donors (Lipinski definition) is 1. The smallest absolute Gasteiger partial charge is 0.221 e. The topological polar surface area (TPSA) is 29.1 Å². The number of alkyl halides is 1. The molecule has 0 heterocycles. The highest BCUT2D eigenvalue weighted by molar-refractivity contribution is 6.18. The quantitative estimate of drug-likeness (QED) is 0.810. The SMILES string of the molecule is O=C(CCCl)NC(c1ccccc1)C1CCCCC1. The summed E-state index contributed by atoms with van der Waals surface area (Å²) in [6.07, 6.45) is 6.70. The summed E-state index contributed by atoms with van der Waals surface area (Å²) in [6.45, 7) is 0. The van der Waals surface area contributed by atoms with Crippen LogP contribution in [0.5, 0.6) is 0 Å². The Kier molecular flexibility index (Phi) is 5.71. The Labute approximate surface area is 120 Å². The van der Waals surface area contributed by atoms with Gasteiger partial charge in [-0.3, -0.25) is 4.79 Å². The van der Waals surface area contributed by atoms with Crippen molar-refractivity contribution in [1.82, 2.24) is 5.32 Å². The van der Waals surface area contributed by atoms with Gasteiger partial charge >= 0.3 is 0 Å². The van der Waals surface area contributed by atoms with Gasteiger partial charge in [0.05, 0.1) is 6.04 Å². The molecule has 1 aliphatic rings. The van der Waals surface area contributed by atoms with Crippen LogP contribution in [0.4, 0.5) is 0 Å². The Balaban J connectivity index is 2.10. The third-order valence-corrected chi connectivity index (χ3v) is 4.11. The molecule has 1 N–H and O–H groups in total. The highest BCUT2D eigenvalue weighted by Crippen LogP contribution is 2.34. The molecule has 1 saturated carbocycles. The van der Waals surface area contributed by atoms with Crippen LogP contribution in [0.25, 0.3) is 0 Å². The Morgan fingerprint density at radius 1 is 1.21 bits per heavy atom. The molecule has 0 radical (unpaired) electrons. The second-order valence-electron chi connectivity index (χ2n) is 5.29. The molecule has 1 aliphatic carbocycles. The van der Waals surface area contributed by atoms with Crippen LogP contribution in [-0.2, 0) is 4.79 Å². The molecule has 0 saturated heterocycles. The van der Waals surface area contributed by atoms with Gasteiger partial charge in [-0.2, -0.15) is 0 Å². The third kappa shape index (κ3) is 4.24. The van der Waals surface area contributed by atoms with Gasteiger partial charge in [0.2, 0.25) is 5.91 Å². The first kappa shape index (κ1) is 14.4. The number of halogens is 1. The standard InChI is InChI=1S/C16H22ClNO/c17-12-11-15(19)18-16(13-7-3-1-4-8-13)14-9-5-2-6-10-14/h1,3-4,7-8,14,16H,2,5-6,9-12H2,(H,18,19). The van der Waals surface area contributed by atoms with Crippen LogP contribution in [0.15, 0.2) is 30.3 Å². The number of carbonyl (C=O) groups is 1. The fourth-order valence-electron chi connectivity index (χ4n) is 2.93. The second-order valence-corrected chi connectivity index (χ2v) is 5.67. The first-order valence-corrected chi connectivity index (χ1v) is 7.75. The van der Waals surface area contributed by atoms with Gasteiger partial charge in [0, 0.05) is 12.3 Å². The molecule has 0 aliphatic heterocycles. The minimum atomic E-state index is 0.0643. The minimum absolute atomic E-state index is 0.0643. The molecule has 1 amide bonds. The second kappa shape index (κ2) is 7.54. The molecule has 0 bridgehead atoms. The molecule has 2 rings (SSSR count). The Hall–Kier alpha value is -1.02. The largest absolute Gasteiger partial charge is 0.349 e. The summed E-state index contributed by atoms with van der Waals surface area (Å²) in [7, 11) is 0. The van der Waals surface area contributed by atoms with Crippen LogP contribution in [-0.4, -0.2) is 11.8 Å². The van der Waals surface area contributed by atoms with E-state index in [1.54, 1.807) is 0 Å². The maximum atomic E-state index is 11.9. The van der Waals surface area contributed by atoms with E-state index in [0.717, 1.165) is 0 Å². The summed E-state index contributed by atoms with van der Waals surface area (Å²) in [4.78, 5) is 11.9. The van der Waals surface area contributed by atoms with Crippen molar-refractivity contribution in [1.29, 1.82) is 0 Å². The van der Waals surface area contributed by atoms with Crippen LogP contribution in [0.1, 0.15) is 50.1 Å². The van der Waals surface area contributed by atoms with Crippen molar-refractivity contribution >= 4 is 17.5 Å². The molecule has 2 nitrogen and oxygen atoms in total. The molecule has 19 heavy (non-hydrogen) atoms. The fourth-order valence-corrected chi connectivity index (χ4v) is 3.10. The van der Waals surface area contributed by atoms with Crippen molar-refractivity contribution in [2.45, 2.75) is 44.6 Å². The third-order valence-electron chi connectivity index (χ3n) is 3.92. The van der Waals surface area contributed by atoms with E-state index in [9.17, 15) is 4.79 Å². The summed E-state index contributed by atoms with van der Waals surface area (Å²) in [5, 5.41) is 3.18. The lowest BCUT2D eigenvalue weighted by atomic mass is 9.81. The molecular weight excluding hydrogens is 258 g/mol. The predicted molar refractivity (Wildman–Crippen MR) is 79.2 cm³/mol. The fraction of sp³-hybridized carbons (Fsp3) is 0.562. The van der Waals surface area contributed by atoms with Gasteiger partial charge in [0.25, 0.3) is 0 Å². The maximum absolute atomic E-state index is 11.9. The number of carbonyl (C=O) groups excluding carboxylic acids is 1. The average molecular weight is 280 g/mol. The summed E-state index contributed by atoms with van der Waals surface area (Å²) in [5.41, 5.74) is 1.22. The van der Waals surface area contributed by atoms with Crippen molar-refractivity contribution in [3.05, 3.63) is 35.9 Å². The van der Waals surface area contributed by atoms with Gasteiger partial charge in [0.15, 0.2) is 0 Å².